The van der Waals surface area contributed by atoms with Gasteiger partial charge in [-0.15, -0.1) is 0 Å². The van der Waals surface area contributed by atoms with E-state index < -0.39 is 35.6 Å². The topological polar surface area (TPSA) is 145 Å². The van der Waals surface area contributed by atoms with Gasteiger partial charge >= 0.3 is 11.9 Å². The van der Waals surface area contributed by atoms with Gasteiger partial charge in [-0.25, -0.2) is 9.59 Å². The van der Waals surface area contributed by atoms with Gasteiger partial charge in [0.1, 0.15) is 11.5 Å². The number of benzene rings is 4. The summed E-state index contributed by atoms with van der Waals surface area (Å²) < 4.78 is 10.8. The SMILES string of the molecule is O=C(Oc1ccc(-c2ccc(OC(=O)c3ccc4c(c3)C(=O)NC4=O)cc2)cc1)c1ccc2c(c1)C(=O)NC2=O. The first-order chi connectivity index (χ1) is 19.3. The van der Waals surface area contributed by atoms with E-state index in [1.165, 1.54) is 36.4 Å². The van der Waals surface area contributed by atoms with E-state index in [0.29, 0.717) is 0 Å². The Labute approximate surface area is 225 Å². The maximum atomic E-state index is 12.6. The van der Waals surface area contributed by atoms with Crippen LogP contribution < -0.4 is 20.1 Å². The lowest BCUT2D eigenvalue weighted by Crippen LogP contribution is -2.19. The molecule has 0 fully saturated rings. The number of rotatable bonds is 5. The van der Waals surface area contributed by atoms with Gasteiger partial charge in [-0.05, 0) is 71.8 Å². The molecule has 10 heteroatoms. The molecule has 40 heavy (non-hydrogen) atoms. The predicted octanol–water partition coefficient (Wildman–Crippen LogP) is 3.56. The monoisotopic (exact) mass is 532 g/mol. The van der Waals surface area contributed by atoms with Crippen molar-refractivity contribution in [2.24, 2.45) is 0 Å². The molecule has 0 aromatic heterocycles. The average molecular weight is 532 g/mol. The Morgan fingerprint density at radius 2 is 0.800 bits per heavy atom. The number of hydrogen-bond donors (Lipinski definition) is 2. The highest BCUT2D eigenvalue weighted by atomic mass is 16.5. The van der Waals surface area contributed by atoms with E-state index in [1.54, 1.807) is 48.5 Å². The molecule has 0 bridgehead atoms. The first-order valence-corrected chi connectivity index (χ1v) is 11.9. The molecule has 4 amide bonds. The molecule has 0 saturated heterocycles. The molecular weight excluding hydrogens is 516 g/mol. The number of carbonyl (C=O) groups is 6. The first-order valence-electron chi connectivity index (χ1n) is 11.9. The molecule has 10 nitrogen and oxygen atoms in total. The van der Waals surface area contributed by atoms with Crippen molar-refractivity contribution in [3.8, 4) is 22.6 Å². The number of amides is 4. The van der Waals surface area contributed by atoms with Gasteiger partial charge in [0.05, 0.1) is 33.4 Å². The fourth-order valence-corrected chi connectivity index (χ4v) is 4.35. The smallest absolute Gasteiger partial charge is 0.343 e. The third kappa shape index (κ3) is 4.39. The highest BCUT2D eigenvalue weighted by Gasteiger charge is 2.29. The Morgan fingerprint density at radius 1 is 0.450 bits per heavy atom. The number of nitrogens with one attached hydrogen (secondary N) is 2. The number of imide groups is 2. The Morgan fingerprint density at radius 3 is 1.18 bits per heavy atom. The summed E-state index contributed by atoms with van der Waals surface area (Å²) in [5, 5.41) is 4.35. The number of carbonyl (C=O) groups excluding carboxylic acids is 6. The van der Waals surface area contributed by atoms with Crippen LogP contribution >= 0.6 is 0 Å². The molecular formula is C30H16N2O8. The average Bonchev–Trinajstić information content (AvgIpc) is 3.41. The third-order valence-corrected chi connectivity index (χ3v) is 6.41. The zero-order valence-corrected chi connectivity index (χ0v) is 20.3. The highest BCUT2D eigenvalue weighted by molar-refractivity contribution is 6.22. The van der Waals surface area contributed by atoms with Gasteiger partial charge in [0.25, 0.3) is 23.6 Å². The minimum atomic E-state index is -0.676. The molecule has 2 N–H and O–H groups in total. The molecule has 194 valence electrons. The maximum absolute atomic E-state index is 12.6. The number of fused-ring (bicyclic) bond motifs is 2. The van der Waals surface area contributed by atoms with Gasteiger partial charge in [0, 0.05) is 0 Å². The maximum Gasteiger partial charge on any atom is 0.343 e. The zero-order chi connectivity index (χ0) is 28.0. The van der Waals surface area contributed by atoms with E-state index in [9.17, 15) is 28.8 Å². The molecule has 6 rings (SSSR count). The van der Waals surface area contributed by atoms with Crippen molar-refractivity contribution in [1.82, 2.24) is 10.6 Å². The Hall–Kier alpha value is -5.90. The molecule has 2 aliphatic rings. The van der Waals surface area contributed by atoms with Gasteiger partial charge < -0.3 is 9.47 Å². The van der Waals surface area contributed by atoms with Crippen LogP contribution in [0.2, 0.25) is 0 Å². The molecule has 0 saturated carbocycles. The fourth-order valence-electron chi connectivity index (χ4n) is 4.35. The number of esters is 2. The van der Waals surface area contributed by atoms with E-state index in [1.807, 2.05) is 0 Å². The summed E-state index contributed by atoms with van der Waals surface area (Å²) in [6.07, 6.45) is 0. The van der Waals surface area contributed by atoms with E-state index in [4.69, 9.17) is 9.47 Å². The van der Waals surface area contributed by atoms with E-state index >= 15 is 0 Å². The van der Waals surface area contributed by atoms with Crippen LogP contribution in [0.4, 0.5) is 0 Å². The molecule has 0 atom stereocenters. The van der Waals surface area contributed by atoms with Crippen molar-refractivity contribution in [2.75, 3.05) is 0 Å². The lowest BCUT2D eigenvalue weighted by molar-refractivity contribution is 0.0725. The molecule has 2 heterocycles. The van der Waals surface area contributed by atoms with Crippen LogP contribution in [-0.4, -0.2) is 35.6 Å². The standard InChI is InChI=1S/C30H16N2O8/c33-25-21-11-5-17(13-23(21)27(35)31-25)29(37)39-19-7-1-15(2-8-19)16-3-9-20(10-4-16)40-30(38)18-6-12-22-24(14-18)28(36)32-26(22)34/h1-14H,(H,31,33,35)(H,32,34,36). The van der Waals surface area contributed by atoms with Crippen molar-refractivity contribution < 1.29 is 38.2 Å². The summed E-state index contributed by atoms with van der Waals surface area (Å²) in [5.41, 5.74) is 2.55. The van der Waals surface area contributed by atoms with Crippen molar-refractivity contribution in [1.29, 1.82) is 0 Å². The van der Waals surface area contributed by atoms with Gasteiger partial charge in [-0.3, -0.25) is 29.8 Å². The number of hydrogen-bond acceptors (Lipinski definition) is 8. The third-order valence-electron chi connectivity index (χ3n) is 6.41. The van der Waals surface area contributed by atoms with Crippen LogP contribution in [0.3, 0.4) is 0 Å². The van der Waals surface area contributed by atoms with E-state index in [-0.39, 0.29) is 44.9 Å². The van der Waals surface area contributed by atoms with Crippen LogP contribution in [0.15, 0.2) is 84.9 Å². The summed E-state index contributed by atoms with van der Waals surface area (Å²) >= 11 is 0. The highest BCUT2D eigenvalue weighted by Crippen LogP contribution is 2.26. The Balaban J connectivity index is 1.10. The second-order valence-corrected chi connectivity index (χ2v) is 8.92. The van der Waals surface area contributed by atoms with Crippen LogP contribution in [-0.2, 0) is 0 Å². The van der Waals surface area contributed by atoms with Crippen LogP contribution in [0.25, 0.3) is 11.1 Å². The molecule has 4 aromatic carbocycles. The summed E-state index contributed by atoms with van der Waals surface area (Å²) in [4.78, 5) is 72.2. The van der Waals surface area contributed by atoms with Crippen molar-refractivity contribution in [2.45, 2.75) is 0 Å². The minimum absolute atomic E-state index is 0.125. The van der Waals surface area contributed by atoms with Crippen LogP contribution in [0.5, 0.6) is 11.5 Å². The predicted molar refractivity (Wildman–Crippen MR) is 138 cm³/mol. The quantitative estimate of drug-likeness (QED) is 0.226. The normalized spacial score (nSPS) is 13.3. The molecule has 0 spiro atoms. The van der Waals surface area contributed by atoms with Crippen LogP contribution in [0.1, 0.15) is 62.1 Å². The number of ether oxygens (including phenoxy) is 2. The second-order valence-electron chi connectivity index (χ2n) is 8.92. The molecule has 0 aliphatic carbocycles. The van der Waals surface area contributed by atoms with Crippen LogP contribution in [0, 0.1) is 0 Å². The summed E-state index contributed by atoms with van der Waals surface area (Å²) in [6.45, 7) is 0. The molecule has 0 unspecified atom stereocenters. The molecule has 4 aromatic rings. The lowest BCUT2D eigenvalue weighted by atomic mass is 10.0. The molecule has 2 aliphatic heterocycles. The summed E-state index contributed by atoms with van der Waals surface area (Å²) in [5.74, 6) is -2.92. The van der Waals surface area contributed by atoms with Crippen molar-refractivity contribution in [3.05, 3.63) is 118 Å². The van der Waals surface area contributed by atoms with Crippen molar-refractivity contribution in [3.63, 3.8) is 0 Å². The largest absolute Gasteiger partial charge is 0.423 e. The summed E-state index contributed by atoms with van der Waals surface area (Å²) in [6, 6.07) is 21.7. The molecule has 0 radical (unpaired) electrons. The minimum Gasteiger partial charge on any atom is -0.423 e. The fraction of sp³-hybridized carbons (Fsp3) is 0. The Bertz CT molecular complexity index is 1660. The Kier molecular flexibility index (Phi) is 5.77. The van der Waals surface area contributed by atoms with Crippen molar-refractivity contribution >= 4 is 35.6 Å². The van der Waals surface area contributed by atoms with Gasteiger partial charge in [-0.1, -0.05) is 24.3 Å². The van der Waals surface area contributed by atoms with E-state index in [2.05, 4.69) is 10.6 Å². The zero-order valence-electron chi connectivity index (χ0n) is 20.3. The summed E-state index contributed by atoms with van der Waals surface area (Å²) in [7, 11) is 0. The van der Waals surface area contributed by atoms with Gasteiger partial charge in [0.15, 0.2) is 0 Å². The lowest BCUT2D eigenvalue weighted by Gasteiger charge is -2.08. The first kappa shape index (κ1) is 24.4. The van der Waals surface area contributed by atoms with E-state index in [0.717, 1.165) is 11.1 Å². The van der Waals surface area contributed by atoms with Gasteiger partial charge in [0.2, 0.25) is 0 Å². The van der Waals surface area contributed by atoms with Gasteiger partial charge in [-0.2, -0.15) is 0 Å². The second kappa shape index (κ2) is 9.44.